The number of nitrogens with zero attached hydrogens (tertiary/aromatic N) is 3. The summed E-state index contributed by atoms with van der Waals surface area (Å²) in [6.07, 6.45) is 2.21. The average Bonchev–Trinajstić information content (AvgIpc) is 2.89. The van der Waals surface area contributed by atoms with Gasteiger partial charge in [-0.15, -0.1) is 0 Å². The molecule has 0 spiro atoms. The zero-order valence-electron chi connectivity index (χ0n) is 15.7. The van der Waals surface area contributed by atoms with Crippen molar-refractivity contribution in [2.45, 2.75) is 32.4 Å². The molecular formula is C18H22ClFN4O3S. The van der Waals surface area contributed by atoms with Crippen LogP contribution < -0.4 is 4.72 Å². The van der Waals surface area contributed by atoms with Gasteiger partial charge in [0.05, 0.1) is 24.1 Å². The van der Waals surface area contributed by atoms with Crippen LogP contribution in [0.3, 0.4) is 0 Å². The van der Waals surface area contributed by atoms with Crippen molar-refractivity contribution >= 4 is 27.5 Å². The second-order valence-electron chi connectivity index (χ2n) is 6.99. The number of carbonyl (C=O) groups is 1. The minimum atomic E-state index is -3.27. The standard InChI is InChI=1S/C18H22ClFN4O3S/c1-12-16(17(19)24(21-12)11-13-3-5-14(20)6-4-13)18(25)23-9-7-15(8-10-23)22-28(2,26)27/h3-6,15,22H,7-11H2,1-2H3. The fourth-order valence-electron chi connectivity index (χ4n) is 3.33. The van der Waals surface area contributed by atoms with E-state index < -0.39 is 10.0 Å². The third-order valence-corrected chi connectivity index (χ3v) is 5.83. The van der Waals surface area contributed by atoms with E-state index in [-0.39, 0.29) is 22.9 Å². The fraction of sp³-hybridized carbons (Fsp3) is 0.444. The molecule has 0 aliphatic carbocycles. The zero-order chi connectivity index (χ0) is 20.5. The van der Waals surface area contributed by atoms with Crippen molar-refractivity contribution in [3.8, 4) is 0 Å². The lowest BCUT2D eigenvalue weighted by molar-refractivity contribution is 0.0710. The number of rotatable bonds is 5. The normalized spacial score (nSPS) is 15.8. The monoisotopic (exact) mass is 428 g/mol. The maximum absolute atomic E-state index is 13.1. The molecule has 1 N–H and O–H groups in total. The number of sulfonamides is 1. The first-order chi connectivity index (χ1) is 13.1. The topological polar surface area (TPSA) is 84.3 Å². The second kappa shape index (κ2) is 8.18. The highest BCUT2D eigenvalue weighted by Gasteiger charge is 2.29. The number of aromatic nitrogens is 2. The van der Waals surface area contributed by atoms with Crippen LogP contribution in [0.25, 0.3) is 0 Å². The molecule has 10 heteroatoms. The SMILES string of the molecule is Cc1nn(Cc2ccc(F)cc2)c(Cl)c1C(=O)N1CCC(NS(C)(=O)=O)CC1. The van der Waals surface area contributed by atoms with Gasteiger partial charge in [0.2, 0.25) is 10.0 Å². The van der Waals surface area contributed by atoms with Crippen molar-refractivity contribution in [3.63, 3.8) is 0 Å². The highest BCUT2D eigenvalue weighted by Crippen LogP contribution is 2.24. The number of benzene rings is 1. The Morgan fingerprint density at radius 3 is 2.46 bits per heavy atom. The van der Waals surface area contributed by atoms with Crippen molar-refractivity contribution in [1.82, 2.24) is 19.4 Å². The van der Waals surface area contributed by atoms with Crippen LogP contribution in [0.15, 0.2) is 24.3 Å². The van der Waals surface area contributed by atoms with E-state index >= 15 is 0 Å². The van der Waals surface area contributed by atoms with Crippen LogP contribution >= 0.6 is 11.6 Å². The minimum absolute atomic E-state index is 0.170. The first-order valence-corrected chi connectivity index (χ1v) is 11.1. The van der Waals surface area contributed by atoms with Crippen LogP contribution in [0.1, 0.15) is 34.5 Å². The molecule has 1 amide bonds. The van der Waals surface area contributed by atoms with Gasteiger partial charge in [-0.2, -0.15) is 5.10 Å². The summed E-state index contributed by atoms with van der Waals surface area (Å²) in [5.74, 6) is -0.540. The smallest absolute Gasteiger partial charge is 0.258 e. The van der Waals surface area contributed by atoms with Crippen LogP contribution in [0, 0.1) is 12.7 Å². The molecular weight excluding hydrogens is 407 g/mol. The summed E-state index contributed by atoms with van der Waals surface area (Å²) in [6.45, 7) is 2.92. The van der Waals surface area contributed by atoms with Gasteiger partial charge in [-0.3, -0.25) is 4.79 Å². The molecule has 7 nitrogen and oxygen atoms in total. The molecule has 1 saturated heterocycles. The fourth-order valence-corrected chi connectivity index (χ4v) is 4.48. The maximum Gasteiger partial charge on any atom is 0.258 e. The van der Waals surface area contributed by atoms with Crippen molar-refractivity contribution in [3.05, 3.63) is 52.1 Å². The quantitative estimate of drug-likeness (QED) is 0.791. The predicted octanol–water partition coefficient (Wildman–Crippen LogP) is 2.19. The number of nitrogens with one attached hydrogen (secondary N) is 1. The summed E-state index contributed by atoms with van der Waals surface area (Å²) >= 11 is 6.43. The number of amides is 1. The molecule has 0 atom stereocenters. The Morgan fingerprint density at radius 1 is 1.29 bits per heavy atom. The van der Waals surface area contributed by atoms with Crippen molar-refractivity contribution in [1.29, 1.82) is 0 Å². The molecule has 3 rings (SSSR count). The van der Waals surface area contributed by atoms with Gasteiger partial charge in [0, 0.05) is 19.1 Å². The summed E-state index contributed by atoms with van der Waals surface area (Å²) < 4.78 is 39.9. The molecule has 152 valence electrons. The Balaban J connectivity index is 1.71. The van der Waals surface area contributed by atoms with E-state index in [1.165, 1.54) is 16.8 Å². The minimum Gasteiger partial charge on any atom is -0.338 e. The number of likely N-dealkylation sites (tertiary alicyclic amines) is 1. The first kappa shape index (κ1) is 20.8. The molecule has 0 unspecified atom stereocenters. The van der Waals surface area contributed by atoms with E-state index in [1.807, 2.05) is 0 Å². The Labute approximate surface area is 168 Å². The Hall–Kier alpha value is -1.97. The van der Waals surface area contributed by atoms with Crippen LogP contribution in [0.4, 0.5) is 4.39 Å². The molecule has 1 aliphatic heterocycles. The Bertz CT molecular complexity index is 967. The molecule has 2 heterocycles. The lowest BCUT2D eigenvalue weighted by Gasteiger charge is -2.32. The Kier molecular flexibility index (Phi) is 6.07. The van der Waals surface area contributed by atoms with E-state index in [4.69, 9.17) is 11.6 Å². The summed E-state index contributed by atoms with van der Waals surface area (Å²) in [5.41, 5.74) is 1.68. The lowest BCUT2D eigenvalue weighted by atomic mass is 10.1. The van der Waals surface area contributed by atoms with Gasteiger partial charge in [0.15, 0.2) is 0 Å². The van der Waals surface area contributed by atoms with Crippen LogP contribution in [0.2, 0.25) is 5.15 Å². The summed E-state index contributed by atoms with van der Waals surface area (Å²) in [4.78, 5) is 14.6. The third-order valence-electron chi connectivity index (χ3n) is 4.69. The van der Waals surface area contributed by atoms with Crippen LogP contribution in [0.5, 0.6) is 0 Å². The van der Waals surface area contributed by atoms with Gasteiger partial charge < -0.3 is 4.90 Å². The summed E-state index contributed by atoms with van der Waals surface area (Å²) in [6, 6.07) is 5.84. The second-order valence-corrected chi connectivity index (χ2v) is 9.13. The molecule has 0 saturated carbocycles. The molecule has 28 heavy (non-hydrogen) atoms. The van der Waals surface area contributed by atoms with E-state index in [0.29, 0.717) is 43.7 Å². The predicted molar refractivity (Wildman–Crippen MR) is 104 cm³/mol. The highest BCUT2D eigenvalue weighted by atomic mass is 35.5. The highest BCUT2D eigenvalue weighted by molar-refractivity contribution is 7.88. The molecule has 1 aromatic heterocycles. The zero-order valence-corrected chi connectivity index (χ0v) is 17.2. The molecule has 0 radical (unpaired) electrons. The molecule has 0 bridgehead atoms. The van der Waals surface area contributed by atoms with Crippen LogP contribution in [-0.4, -0.2) is 54.4 Å². The van der Waals surface area contributed by atoms with Crippen molar-refractivity contribution in [2.75, 3.05) is 19.3 Å². The number of aryl methyl sites for hydroxylation is 1. The number of halogens is 2. The van der Waals surface area contributed by atoms with E-state index in [0.717, 1.165) is 11.8 Å². The molecule has 1 aromatic carbocycles. The van der Waals surface area contributed by atoms with Gasteiger partial charge in [-0.1, -0.05) is 23.7 Å². The number of piperidine rings is 1. The third kappa shape index (κ3) is 4.89. The van der Waals surface area contributed by atoms with Gasteiger partial charge >= 0.3 is 0 Å². The molecule has 1 aliphatic rings. The maximum atomic E-state index is 13.1. The molecule has 1 fully saturated rings. The number of hydrogen-bond acceptors (Lipinski definition) is 4. The summed E-state index contributed by atoms with van der Waals surface area (Å²) in [7, 11) is -3.27. The lowest BCUT2D eigenvalue weighted by Crippen LogP contribution is -2.46. The largest absolute Gasteiger partial charge is 0.338 e. The van der Waals surface area contributed by atoms with E-state index in [2.05, 4.69) is 9.82 Å². The van der Waals surface area contributed by atoms with Crippen molar-refractivity contribution in [2.24, 2.45) is 0 Å². The average molecular weight is 429 g/mol. The number of carbonyl (C=O) groups excluding carboxylic acids is 1. The van der Waals surface area contributed by atoms with E-state index in [1.54, 1.807) is 24.0 Å². The van der Waals surface area contributed by atoms with Gasteiger partial charge in [-0.05, 0) is 37.5 Å². The molecule has 2 aromatic rings. The van der Waals surface area contributed by atoms with Gasteiger partial charge in [0.1, 0.15) is 11.0 Å². The van der Waals surface area contributed by atoms with Gasteiger partial charge in [0.25, 0.3) is 5.91 Å². The first-order valence-electron chi connectivity index (χ1n) is 8.88. The van der Waals surface area contributed by atoms with Crippen molar-refractivity contribution < 1.29 is 17.6 Å². The van der Waals surface area contributed by atoms with Gasteiger partial charge in [-0.25, -0.2) is 22.2 Å². The van der Waals surface area contributed by atoms with Crippen LogP contribution in [-0.2, 0) is 16.6 Å². The number of hydrogen-bond donors (Lipinski definition) is 1. The van der Waals surface area contributed by atoms with E-state index in [9.17, 15) is 17.6 Å². The summed E-state index contributed by atoms with van der Waals surface area (Å²) in [5, 5.41) is 4.60. The Morgan fingerprint density at radius 2 is 1.89 bits per heavy atom.